The van der Waals surface area contributed by atoms with Gasteiger partial charge in [-0.05, 0) is 43.2 Å². The van der Waals surface area contributed by atoms with E-state index in [-0.39, 0.29) is 17.9 Å². The summed E-state index contributed by atoms with van der Waals surface area (Å²) in [6.07, 6.45) is 6.85. The lowest BCUT2D eigenvalue weighted by Gasteiger charge is -2.26. The van der Waals surface area contributed by atoms with Gasteiger partial charge in [0.05, 0.1) is 5.92 Å². The maximum atomic E-state index is 12.2. The highest BCUT2D eigenvalue weighted by Crippen LogP contribution is 2.47. The van der Waals surface area contributed by atoms with Crippen molar-refractivity contribution in [3.63, 3.8) is 0 Å². The van der Waals surface area contributed by atoms with Crippen LogP contribution in [0.2, 0.25) is 0 Å². The van der Waals surface area contributed by atoms with E-state index in [0.717, 1.165) is 18.5 Å². The van der Waals surface area contributed by atoms with Crippen molar-refractivity contribution in [1.82, 2.24) is 4.98 Å². The maximum absolute atomic E-state index is 12.2. The van der Waals surface area contributed by atoms with Gasteiger partial charge in [-0.2, -0.15) is 0 Å². The molecule has 1 aromatic rings. The Bertz CT molecular complexity index is 418. The summed E-state index contributed by atoms with van der Waals surface area (Å²) in [6, 6.07) is 3.66. The molecule has 0 spiro atoms. The summed E-state index contributed by atoms with van der Waals surface area (Å²) >= 11 is 0. The van der Waals surface area contributed by atoms with Gasteiger partial charge in [0.1, 0.15) is 0 Å². The van der Waals surface area contributed by atoms with E-state index in [2.05, 4.69) is 10.3 Å². The number of carbonyl (C=O) groups is 1. The molecule has 90 valence electrons. The Labute approximate surface area is 101 Å². The zero-order valence-electron chi connectivity index (χ0n) is 9.67. The van der Waals surface area contributed by atoms with Crippen molar-refractivity contribution in [3.05, 3.63) is 24.5 Å². The third-order valence-electron chi connectivity index (χ3n) is 4.23. The Morgan fingerprint density at radius 3 is 2.65 bits per heavy atom. The Hall–Kier alpha value is -1.42. The second-order valence-electron chi connectivity index (χ2n) is 5.16. The van der Waals surface area contributed by atoms with Crippen molar-refractivity contribution in [2.24, 2.45) is 23.5 Å². The molecule has 4 atom stereocenters. The molecule has 1 amide bonds. The zero-order valence-corrected chi connectivity index (χ0v) is 9.67. The van der Waals surface area contributed by atoms with Gasteiger partial charge in [0.2, 0.25) is 5.91 Å². The molecular weight excluding hydrogens is 214 g/mol. The normalized spacial score (nSPS) is 34.9. The number of nitrogens with two attached hydrogens (primary N) is 1. The number of hydrogen-bond acceptors (Lipinski definition) is 3. The van der Waals surface area contributed by atoms with E-state index < -0.39 is 0 Å². The fourth-order valence-corrected chi connectivity index (χ4v) is 3.39. The van der Waals surface area contributed by atoms with Crippen LogP contribution in [-0.4, -0.2) is 16.9 Å². The molecule has 0 aromatic carbocycles. The molecule has 0 aliphatic heterocycles. The van der Waals surface area contributed by atoms with Crippen LogP contribution in [0, 0.1) is 17.8 Å². The van der Waals surface area contributed by atoms with Crippen LogP contribution in [-0.2, 0) is 4.79 Å². The number of nitrogens with one attached hydrogen (secondary N) is 1. The minimum atomic E-state index is 0.00177. The summed E-state index contributed by atoms with van der Waals surface area (Å²) in [7, 11) is 0. The standard InChI is InChI=1S/C13H17N3O/c14-12-9-2-1-8(7-9)11(12)13(17)16-10-3-5-15-6-4-10/h3-6,8-9,11-12H,1-2,7,14H2,(H,15,16,17). The van der Waals surface area contributed by atoms with Crippen LogP contribution in [0.25, 0.3) is 0 Å². The van der Waals surface area contributed by atoms with Gasteiger partial charge in [0.25, 0.3) is 0 Å². The average Bonchev–Trinajstić information content (AvgIpc) is 2.90. The van der Waals surface area contributed by atoms with Gasteiger partial charge >= 0.3 is 0 Å². The molecule has 4 heteroatoms. The summed E-state index contributed by atoms with van der Waals surface area (Å²) < 4.78 is 0. The Morgan fingerprint density at radius 1 is 1.29 bits per heavy atom. The molecule has 2 fully saturated rings. The van der Waals surface area contributed by atoms with Gasteiger partial charge in [-0.15, -0.1) is 0 Å². The number of hydrogen-bond donors (Lipinski definition) is 2. The molecular formula is C13H17N3O. The van der Waals surface area contributed by atoms with Crippen molar-refractivity contribution in [2.45, 2.75) is 25.3 Å². The van der Waals surface area contributed by atoms with Crippen LogP contribution in [0.15, 0.2) is 24.5 Å². The predicted molar refractivity (Wildman–Crippen MR) is 65.2 cm³/mol. The predicted octanol–water partition coefficient (Wildman–Crippen LogP) is 1.39. The quantitative estimate of drug-likeness (QED) is 0.808. The molecule has 4 nitrogen and oxygen atoms in total. The summed E-state index contributed by atoms with van der Waals surface area (Å²) in [5.41, 5.74) is 6.95. The van der Waals surface area contributed by atoms with Crippen LogP contribution in [0.3, 0.4) is 0 Å². The lowest BCUT2D eigenvalue weighted by Crippen LogP contribution is -2.42. The highest BCUT2D eigenvalue weighted by Gasteiger charge is 2.48. The number of nitrogens with zero attached hydrogens (tertiary/aromatic N) is 1. The van der Waals surface area contributed by atoms with Gasteiger partial charge < -0.3 is 11.1 Å². The van der Waals surface area contributed by atoms with Crippen molar-refractivity contribution < 1.29 is 4.79 Å². The Balaban J connectivity index is 1.71. The SMILES string of the molecule is NC1C2CCC(C2)C1C(=O)Nc1ccncc1. The fourth-order valence-electron chi connectivity index (χ4n) is 3.39. The molecule has 3 N–H and O–H groups in total. The summed E-state index contributed by atoms with van der Waals surface area (Å²) in [6.45, 7) is 0. The molecule has 2 bridgehead atoms. The zero-order chi connectivity index (χ0) is 11.8. The molecule has 2 saturated carbocycles. The molecule has 4 unspecified atom stereocenters. The molecule has 1 aromatic heterocycles. The second-order valence-corrected chi connectivity index (χ2v) is 5.16. The molecule has 17 heavy (non-hydrogen) atoms. The van der Waals surface area contributed by atoms with E-state index in [4.69, 9.17) is 5.73 Å². The smallest absolute Gasteiger partial charge is 0.229 e. The van der Waals surface area contributed by atoms with Crippen LogP contribution in [0.4, 0.5) is 5.69 Å². The Kier molecular flexibility index (Phi) is 2.59. The van der Waals surface area contributed by atoms with E-state index in [0.29, 0.717) is 11.8 Å². The highest BCUT2D eigenvalue weighted by molar-refractivity contribution is 5.93. The summed E-state index contributed by atoms with van der Waals surface area (Å²) in [5, 5.41) is 2.94. The number of pyridine rings is 1. The minimum absolute atomic E-state index is 0.00177. The third-order valence-corrected chi connectivity index (χ3v) is 4.23. The molecule has 1 heterocycles. The average molecular weight is 231 g/mol. The van der Waals surface area contributed by atoms with Crippen molar-refractivity contribution in [3.8, 4) is 0 Å². The number of carbonyl (C=O) groups excluding carboxylic acids is 1. The van der Waals surface area contributed by atoms with Crippen molar-refractivity contribution >= 4 is 11.6 Å². The van der Waals surface area contributed by atoms with Crippen LogP contribution < -0.4 is 11.1 Å². The van der Waals surface area contributed by atoms with E-state index in [1.54, 1.807) is 24.5 Å². The largest absolute Gasteiger partial charge is 0.327 e. The number of fused-ring (bicyclic) bond motifs is 2. The fraction of sp³-hybridized carbons (Fsp3) is 0.538. The Morgan fingerprint density at radius 2 is 2.00 bits per heavy atom. The first-order chi connectivity index (χ1) is 8.25. The first-order valence-electron chi connectivity index (χ1n) is 6.22. The van der Waals surface area contributed by atoms with E-state index >= 15 is 0 Å². The second kappa shape index (κ2) is 4.11. The molecule has 2 aliphatic carbocycles. The number of aromatic nitrogens is 1. The van der Waals surface area contributed by atoms with E-state index in [9.17, 15) is 4.79 Å². The van der Waals surface area contributed by atoms with Gasteiger partial charge in [0, 0.05) is 24.1 Å². The van der Waals surface area contributed by atoms with Gasteiger partial charge in [-0.3, -0.25) is 9.78 Å². The molecule has 2 aliphatic rings. The lowest BCUT2D eigenvalue weighted by atomic mass is 9.84. The van der Waals surface area contributed by atoms with Gasteiger partial charge in [-0.25, -0.2) is 0 Å². The van der Waals surface area contributed by atoms with Gasteiger partial charge in [-0.1, -0.05) is 0 Å². The first kappa shape index (κ1) is 10.7. The number of rotatable bonds is 2. The van der Waals surface area contributed by atoms with Crippen LogP contribution >= 0.6 is 0 Å². The molecule has 3 rings (SSSR count). The third kappa shape index (κ3) is 1.82. The van der Waals surface area contributed by atoms with Crippen molar-refractivity contribution in [1.29, 1.82) is 0 Å². The topological polar surface area (TPSA) is 68.0 Å². The summed E-state index contributed by atoms with van der Waals surface area (Å²) in [5.74, 6) is 1.14. The maximum Gasteiger partial charge on any atom is 0.229 e. The number of amides is 1. The van der Waals surface area contributed by atoms with Crippen molar-refractivity contribution in [2.75, 3.05) is 5.32 Å². The lowest BCUT2D eigenvalue weighted by molar-refractivity contribution is -0.121. The number of anilines is 1. The van der Waals surface area contributed by atoms with Crippen LogP contribution in [0.5, 0.6) is 0 Å². The molecule has 0 saturated heterocycles. The minimum Gasteiger partial charge on any atom is -0.327 e. The highest BCUT2D eigenvalue weighted by atomic mass is 16.2. The van der Waals surface area contributed by atoms with Crippen LogP contribution in [0.1, 0.15) is 19.3 Å². The summed E-state index contributed by atoms with van der Waals surface area (Å²) in [4.78, 5) is 16.1. The van der Waals surface area contributed by atoms with Gasteiger partial charge in [0.15, 0.2) is 0 Å². The first-order valence-corrected chi connectivity index (χ1v) is 6.22. The molecule has 0 radical (unpaired) electrons. The van der Waals surface area contributed by atoms with E-state index in [1.165, 1.54) is 6.42 Å². The van der Waals surface area contributed by atoms with E-state index in [1.807, 2.05) is 0 Å². The monoisotopic (exact) mass is 231 g/mol.